The van der Waals surface area contributed by atoms with Crippen LogP contribution in [0.5, 0.6) is 0 Å². The first-order valence-electron chi connectivity index (χ1n) is 9.17. The summed E-state index contributed by atoms with van der Waals surface area (Å²) in [5.41, 5.74) is 0. The van der Waals surface area contributed by atoms with Crippen molar-refractivity contribution in [3.8, 4) is 0 Å². The second-order valence-electron chi connectivity index (χ2n) is 7.72. The number of hydrogen-bond donors (Lipinski definition) is 0. The molecule has 0 aromatic heterocycles. The normalized spacial score (nSPS) is 44.2. The molecule has 2 aliphatic carbocycles. The van der Waals surface area contributed by atoms with Crippen LogP contribution >= 0.6 is 0 Å². The minimum atomic E-state index is 0.991. The van der Waals surface area contributed by atoms with Crippen LogP contribution in [0.15, 0.2) is 0 Å². The van der Waals surface area contributed by atoms with E-state index >= 15 is 0 Å². The summed E-state index contributed by atoms with van der Waals surface area (Å²) in [6, 6.07) is 0. The van der Waals surface area contributed by atoms with Gasteiger partial charge in [-0.3, -0.25) is 0 Å². The van der Waals surface area contributed by atoms with Crippen LogP contribution in [0, 0.1) is 35.5 Å². The van der Waals surface area contributed by atoms with E-state index in [0.717, 1.165) is 35.5 Å². The zero-order valence-electron chi connectivity index (χ0n) is 13.8. The zero-order chi connectivity index (χ0) is 13.8. The van der Waals surface area contributed by atoms with E-state index in [1.54, 1.807) is 6.42 Å². The molecule has 0 aromatic carbocycles. The van der Waals surface area contributed by atoms with E-state index in [9.17, 15) is 0 Å². The fraction of sp³-hybridized carbons (Fsp3) is 1.00. The van der Waals surface area contributed by atoms with Crippen molar-refractivity contribution in [2.45, 2.75) is 85.5 Å². The summed E-state index contributed by atoms with van der Waals surface area (Å²) in [5, 5.41) is 0. The highest BCUT2D eigenvalue weighted by Gasteiger charge is 2.36. The average molecular weight is 264 g/mol. The van der Waals surface area contributed by atoms with Crippen molar-refractivity contribution < 1.29 is 0 Å². The molecule has 2 fully saturated rings. The van der Waals surface area contributed by atoms with Gasteiger partial charge in [0.05, 0.1) is 0 Å². The molecule has 0 amide bonds. The monoisotopic (exact) mass is 264 g/mol. The Morgan fingerprint density at radius 2 is 1.11 bits per heavy atom. The lowest BCUT2D eigenvalue weighted by Gasteiger charge is -2.43. The van der Waals surface area contributed by atoms with E-state index in [2.05, 4.69) is 27.7 Å². The van der Waals surface area contributed by atoms with E-state index in [-0.39, 0.29) is 0 Å². The Kier molecular flexibility index (Phi) is 5.78. The van der Waals surface area contributed by atoms with Crippen LogP contribution in [0.1, 0.15) is 85.5 Å². The summed E-state index contributed by atoms with van der Waals surface area (Å²) >= 11 is 0. The molecule has 2 saturated carbocycles. The quantitative estimate of drug-likeness (QED) is 0.559. The number of rotatable bonds is 4. The Balaban J connectivity index is 2.03. The van der Waals surface area contributed by atoms with E-state index in [1.165, 1.54) is 51.4 Å². The Bertz CT molecular complexity index is 231. The fourth-order valence-electron chi connectivity index (χ4n) is 5.37. The fourth-order valence-corrected chi connectivity index (χ4v) is 5.37. The van der Waals surface area contributed by atoms with E-state index in [4.69, 9.17) is 0 Å². The van der Waals surface area contributed by atoms with Gasteiger partial charge in [0.25, 0.3) is 0 Å². The smallest absolute Gasteiger partial charge is 0.0357 e. The Hall–Kier alpha value is 0. The van der Waals surface area contributed by atoms with Crippen LogP contribution in [0.4, 0.5) is 0 Å². The van der Waals surface area contributed by atoms with Gasteiger partial charge in [-0.15, -0.1) is 0 Å². The third kappa shape index (κ3) is 3.56. The van der Waals surface area contributed by atoms with Crippen molar-refractivity contribution in [3.63, 3.8) is 0 Å². The highest BCUT2D eigenvalue weighted by Crippen LogP contribution is 2.46. The lowest BCUT2D eigenvalue weighted by atomic mass is 9.62. The molecule has 0 bridgehead atoms. The predicted octanol–water partition coefficient (Wildman–Crippen LogP) is 6.30. The Labute approximate surface area is 121 Å². The second kappa shape index (κ2) is 7.14. The minimum Gasteiger partial charge on any atom is -0.0651 e. The minimum absolute atomic E-state index is 0.991. The largest absolute Gasteiger partial charge is 0.0651 e. The predicted molar refractivity (Wildman–Crippen MR) is 85.2 cm³/mol. The first-order chi connectivity index (χ1) is 9.17. The van der Waals surface area contributed by atoms with Gasteiger partial charge in [0.1, 0.15) is 0 Å². The molecule has 6 atom stereocenters. The maximum atomic E-state index is 2.54. The van der Waals surface area contributed by atoms with Gasteiger partial charge in [-0.1, -0.05) is 79.1 Å². The van der Waals surface area contributed by atoms with Crippen LogP contribution in [-0.2, 0) is 0 Å². The lowest BCUT2D eigenvalue weighted by Crippen LogP contribution is -2.34. The van der Waals surface area contributed by atoms with Gasteiger partial charge in [0, 0.05) is 0 Å². The van der Waals surface area contributed by atoms with Gasteiger partial charge in [-0.2, -0.15) is 0 Å². The number of hydrogen-bond acceptors (Lipinski definition) is 0. The van der Waals surface area contributed by atoms with Crippen molar-refractivity contribution in [1.82, 2.24) is 0 Å². The molecule has 2 aliphatic rings. The van der Waals surface area contributed by atoms with Crippen LogP contribution in [0.3, 0.4) is 0 Å². The molecule has 19 heavy (non-hydrogen) atoms. The highest BCUT2D eigenvalue weighted by molar-refractivity contribution is 4.86. The standard InChI is InChI=1S/C19H36/c1-5-16-11-7-9-14(3)18(16)13-19-15(4)10-8-12-17(19)6-2/h14-19H,5-13H2,1-4H3. The summed E-state index contributed by atoms with van der Waals surface area (Å²) in [4.78, 5) is 0. The molecule has 0 heteroatoms. The molecule has 112 valence electrons. The molecule has 0 spiro atoms. The molecular weight excluding hydrogens is 228 g/mol. The van der Waals surface area contributed by atoms with Crippen molar-refractivity contribution >= 4 is 0 Å². The molecule has 0 nitrogen and oxygen atoms in total. The Morgan fingerprint density at radius 3 is 1.47 bits per heavy atom. The summed E-state index contributed by atoms with van der Waals surface area (Å²) < 4.78 is 0. The van der Waals surface area contributed by atoms with Gasteiger partial charge in [0.2, 0.25) is 0 Å². The zero-order valence-corrected chi connectivity index (χ0v) is 13.8. The van der Waals surface area contributed by atoms with Crippen LogP contribution in [0.25, 0.3) is 0 Å². The summed E-state index contributed by atoms with van der Waals surface area (Å²) in [5.74, 6) is 6.14. The van der Waals surface area contributed by atoms with Gasteiger partial charge in [-0.05, 0) is 41.9 Å². The topological polar surface area (TPSA) is 0 Å². The third-order valence-electron chi connectivity index (χ3n) is 6.73. The van der Waals surface area contributed by atoms with Crippen molar-refractivity contribution in [2.24, 2.45) is 35.5 Å². The summed E-state index contributed by atoms with van der Waals surface area (Å²) in [6.45, 7) is 9.94. The molecule has 0 N–H and O–H groups in total. The van der Waals surface area contributed by atoms with Crippen LogP contribution < -0.4 is 0 Å². The van der Waals surface area contributed by atoms with E-state index in [0.29, 0.717) is 0 Å². The molecule has 6 unspecified atom stereocenters. The molecule has 0 aromatic rings. The highest BCUT2D eigenvalue weighted by atomic mass is 14.4. The van der Waals surface area contributed by atoms with Crippen molar-refractivity contribution in [3.05, 3.63) is 0 Å². The third-order valence-corrected chi connectivity index (χ3v) is 6.73. The molecule has 0 aliphatic heterocycles. The van der Waals surface area contributed by atoms with Gasteiger partial charge in [-0.25, -0.2) is 0 Å². The summed E-state index contributed by atoms with van der Waals surface area (Å²) in [6.07, 6.45) is 13.4. The van der Waals surface area contributed by atoms with Crippen LogP contribution in [0.2, 0.25) is 0 Å². The maximum Gasteiger partial charge on any atom is -0.0357 e. The second-order valence-corrected chi connectivity index (χ2v) is 7.72. The lowest BCUT2D eigenvalue weighted by molar-refractivity contribution is 0.0681. The van der Waals surface area contributed by atoms with E-state index < -0.39 is 0 Å². The molecule has 0 radical (unpaired) electrons. The first-order valence-corrected chi connectivity index (χ1v) is 9.17. The SMILES string of the molecule is CCC1CCCC(C)C1CC1C(C)CCCC1CC. The molecule has 2 rings (SSSR count). The van der Waals surface area contributed by atoms with Crippen molar-refractivity contribution in [1.29, 1.82) is 0 Å². The summed E-state index contributed by atoms with van der Waals surface area (Å²) in [7, 11) is 0. The van der Waals surface area contributed by atoms with Crippen molar-refractivity contribution in [2.75, 3.05) is 0 Å². The Morgan fingerprint density at radius 1 is 0.684 bits per heavy atom. The molecular formula is C19H36. The van der Waals surface area contributed by atoms with E-state index in [1.807, 2.05) is 0 Å². The van der Waals surface area contributed by atoms with Gasteiger partial charge >= 0.3 is 0 Å². The maximum absolute atomic E-state index is 2.54. The molecule has 0 heterocycles. The van der Waals surface area contributed by atoms with Crippen LogP contribution in [-0.4, -0.2) is 0 Å². The average Bonchev–Trinajstić information content (AvgIpc) is 2.42. The van der Waals surface area contributed by atoms with Gasteiger partial charge in [0.15, 0.2) is 0 Å². The first kappa shape index (κ1) is 15.4. The molecule has 0 saturated heterocycles. The van der Waals surface area contributed by atoms with Gasteiger partial charge < -0.3 is 0 Å².